The third-order valence-corrected chi connectivity index (χ3v) is 5.30. The van der Waals surface area contributed by atoms with Crippen LogP contribution in [0.2, 0.25) is 0 Å². The van der Waals surface area contributed by atoms with Crippen molar-refractivity contribution in [2.75, 3.05) is 13.1 Å². The second-order valence-electron chi connectivity index (χ2n) is 7.35. The summed E-state index contributed by atoms with van der Waals surface area (Å²) in [5, 5.41) is 6.82. The van der Waals surface area contributed by atoms with Crippen molar-refractivity contribution in [2.45, 2.75) is 25.7 Å². The molecule has 1 saturated carbocycles. The van der Waals surface area contributed by atoms with Crippen molar-refractivity contribution in [1.29, 1.82) is 0 Å². The highest BCUT2D eigenvalue weighted by molar-refractivity contribution is 5.94. The quantitative estimate of drug-likeness (QED) is 0.698. The Hall–Kier alpha value is -3.16. The van der Waals surface area contributed by atoms with E-state index in [0.29, 0.717) is 31.6 Å². The molecule has 1 aliphatic carbocycles. The van der Waals surface area contributed by atoms with Crippen molar-refractivity contribution in [3.63, 3.8) is 0 Å². The number of benzene rings is 1. The number of aromatic nitrogens is 2. The molecule has 0 atom stereocenters. The Morgan fingerprint density at radius 1 is 0.964 bits per heavy atom. The van der Waals surface area contributed by atoms with E-state index in [0.717, 1.165) is 18.4 Å². The average Bonchev–Trinajstić information content (AvgIpc) is 3.48. The summed E-state index contributed by atoms with van der Waals surface area (Å²) >= 11 is 0. The Balaban J connectivity index is 1.25. The zero-order chi connectivity index (χ0) is 19.5. The molecule has 4 rings (SSSR count). The standard InChI is InChI=1S/C20H23N5O3/c26-18(14-8-10-25(11-9-14)20(28)15-6-7-15)23-24-19(27)17-12-16(21-22-17)13-4-2-1-3-5-13/h1-5,12,14-15H,6-11H2,(H,21,22)(H,23,26)(H,24,27). The molecule has 2 aromatic rings. The van der Waals surface area contributed by atoms with E-state index in [4.69, 9.17) is 0 Å². The highest BCUT2D eigenvalue weighted by Gasteiger charge is 2.36. The monoisotopic (exact) mass is 381 g/mol. The molecule has 3 N–H and O–H groups in total. The van der Waals surface area contributed by atoms with Crippen LogP contribution in [0.25, 0.3) is 11.3 Å². The van der Waals surface area contributed by atoms with Crippen molar-refractivity contribution >= 4 is 17.7 Å². The van der Waals surface area contributed by atoms with Gasteiger partial charge in [0.1, 0.15) is 5.69 Å². The molecule has 3 amide bonds. The minimum Gasteiger partial charge on any atom is -0.342 e. The molecule has 0 radical (unpaired) electrons. The molecule has 1 aromatic heterocycles. The van der Waals surface area contributed by atoms with Crippen molar-refractivity contribution in [1.82, 2.24) is 25.9 Å². The summed E-state index contributed by atoms with van der Waals surface area (Å²) in [5.74, 6) is -0.454. The van der Waals surface area contributed by atoms with E-state index in [1.807, 2.05) is 35.2 Å². The number of hydrogen-bond donors (Lipinski definition) is 3. The molecule has 0 spiro atoms. The number of aromatic amines is 1. The van der Waals surface area contributed by atoms with Crippen LogP contribution < -0.4 is 10.9 Å². The molecule has 2 aliphatic rings. The summed E-state index contributed by atoms with van der Waals surface area (Å²) in [4.78, 5) is 38.5. The lowest BCUT2D eigenvalue weighted by molar-refractivity contribution is -0.136. The molecular formula is C20H23N5O3. The Morgan fingerprint density at radius 3 is 2.36 bits per heavy atom. The first kappa shape index (κ1) is 18.2. The van der Waals surface area contributed by atoms with E-state index >= 15 is 0 Å². The second-order valence-corrected chi connectivity index (χ2v) is 7.35. The summed E-state index contributed by atoms with van der Waals surface area (Å²) in [6.45, 7) is 1.20. The van der Waals surface area contributed by atoms with Crippen molar-refractivity contribution < 1.29 is 14.4 Å². The normalized spacial score (nSPS) is 17.2. The lowest BCUT2D eigenvalue weighted by atomic mass is 9.96. The number of amides is 3. The molecule has 1 aromatic carbocycles. The van der Waals surface area contributed by atoms with Crippen molar-refractivity contribution in [2.24, 2.45) is 11.8 Å². The number of piperidine rings is 1. The molecule has 28 heavy (non-hydrogen) atoms. The summed E-state index contributed by atoms with van der Waals surface area (Å²) in [5.41, 5.74) is 6.74. The van der Waals surface area contributed by atoms with Gasteiger partial charge in [-0.3, -0.25) is 30.3 Å². The number of hydrogen-bond acceptors (Lipinski definition) is 4. The minimum absolute atomic E-state index is 0.204. The van der Waals surface area contributed by atoms with Crippen LogP contribution in [0.5, 0.6) is 0 Å². The molecule has 8 heteroatoms. The molecule has 2 fully saturated rings. The van der Waals surface area contributed by atoms with Gasteiger partial charge in [-0.25, -0.2) is 0 Å². The second kappa shape index (κ2) is 7.84. The fourth-order valence-corrected chi connectivity index (χ4v) is 3.43. The lowest BCUT2D eigenvalue weighted by Gasteiger charge is -2.31. The molecular weight excluding hydrogens is 358 g/mol. The Bertz CT molecular complexity index is 867. The van der Waals surface area contributed by atoms with E-state index in [1.165, 1.54) is 0 Å². The number of likely N-dealkylation sites (tertiary alicyclic amines) is 1. The maximum atomic E-state index is 12.3. The van der Waals surface area contributed by atoms with Crippen LogP contribution in [0, 0.1) is 11.8 Å². The number of carbonyl (C=O) groups is 3. The summed E-state index contributed by atoms with van der Waals surface area (Å²) in [7, 11) is 0. The maximum absolute atomic E-state index is 12.3. The van der Waals surface area contributed by atoms with Crippen LogP contribution in [0.1, 0.15) is 36.2 Å². The van der Waals surface area contributed by atoms with Crippen LogP contribution >= 0.6 is 0 Å². The number of nitrogens with zero attached hydrogens (tertiary/aromatic N) is 2. The third-order valence-electron chi connectivity index (χ3n) is 5.30. The Kier molecular flexibility index (Phi) is 5.10. The summed E-state index contributed by atoms with van der Waals surface area (Å²) in [6, 6.07) is 11.1. The minimum atomic E-state index is -0.454. The average molecular weight is 381 g/mol. The van der Waals surface area contributed by atoms with Crippen LogP contribution in [0.15, 0.2) is 36.4 Å². The Labute approximate surface area is 162 Å². The first-order valence-corrected chi connectivity index (χ1v) is 9.61. The number of hydrazine groups is 1. The number of carbonyl (C=O) groups excluding carboxylic acids is 3. The maximum Gasteiger partial charge on any atom is 0.287 e. The van der Waals surface area contributed by atoms with Gasteiger partial charge in [-0.05, 0) is 31.7 Å². The number of rotatable bonds is 4. The topological polar surface area (TPSA) is 107 Å². The van der Waals surface area contributed by atoms with Gasteiger partial charge >= 0.3 is 0 Å². The van der Waals surface area contributed by atoms with Crippen molar-refractivity contribution in [3.05, 3.63) is 42.1 Å². The predicted octanol–water partition coefficient (Wildman–Crippen LogP) is 1.49. The van der Waals surface area contributed by atoms with E-state index in [2.05, 4.69) is 21.0 Å². The number of H-pyrrole nitrogens is 1. The molecule has 8 nitrogen and oxygen atoms in total. The summed E-state index contributed by atoms with van der Waals surface area (Å²) in [6.07, 6.45) is 3.21. The van der Waals surface area contributed by atoms with E-state index in [1.54, 1.807) is 6.07 Å². The molecule has 2 heterocycles. The smallest absolute Gasteiger partial charge is 0.287 e. The predicted molar refractivity (Wildman–Crippen MR) is 102 cm³/mol. The van der Waals surface area contributed by atoms with Crippen molar-refractivity contribution in [3.8, 4) is 11.3 Å². The zero-order valence-corrected chi connectivity index (χ0v) is 15.5. The van der Waals surface area contributed by atoms with Crippen LogP contribution in [-0.2, 0) is 9.59 Å². The summed E-state index contributed by atoms with van der Waals surface area (Å²) < 4.78 is 0. The molecule has 0 unspecified atom stereocenters. The molecule has 1 aliphatic heterocycles. The molecule has 0 bridgehead atoms. The third kappa shape index (κ3) is 4.05. The van der Waals surface area contributed by atoms with Gasteiger partial charge in [0.2, 0.25) is 11.8 Å². The first-order valence-electron chi connectivity index (χ1n) is 9.61. The van der Waals surface area contributed by atoms with E-state index < -0.39 is 5.91 Å². The van der Waals surface area contributed by atoms with Gasteiger partial charge in [0, 0.05) is 30.5 Å². The van der Waals surface area contributed by atoms with Gasteiger partial charge in [-0.1, -0.05) is 30.3 Å². The van der Waals surface area contributed by atoms with Crippen LogP contribution in [0.3, 0.4) is 0 Å². The highest BCUT2D eigenvalue weighted by atomic mass is 16.2. The van der Waals surface area contributed by atoms with Gasteiger partial charge in [0.25, 0.3) is 5.91 Å². The van der Waals surface area contributed by atoms with Gasteiger partial charge in [0.05, 0.1) is 5.69 Å². The van der Waals surface area contributed by atoms with Gasteiger partial charge in [-0.2, -0.15) is 5.10 Å². The van der Waals surface area contributed by atoms with E-state index in [-0.39, 0.29) is 29.3 Å². The fraction of sp³-hybridized carbons (Fsp3) is 0.400. The SMILES string of the molecule is O=C(NNC(=O)C1CCN(C(=O)C2CC2)CC1)c1cc(-c2ccccc2)n[nH]1. The van der Waals surface area contributed by atoms with E-state index in [9.17, 15) is 14.4 Å². The van der Waals surface area contributed by atoms with Gasteiger partial charge < -0.3 is 4.90 Å². The van der Waals surface area contributed by atoms with Gasteiger partial charge in [0.15, 0.2) is 0 Å². The zero-order valence-electron chi connectivity index (χ0n) is 15.5. The van der Waals surface area contributed by atoms with Crippen LogP contribution in [-0.4, -0.2) is 45.9 Å². The Morgan fingerprint density at radius 2 is 1.68 bits per heavy atom. The van der Waals surface area contributed by atoms with Gasteiger partial charge in [-0.15, -0.1) is 0 Å². The molecule has 146 valence electrons. The fourth-order valence-electron chi connectivity index (χ4n) is 3.43. The number of nitrogens with one attached hydrogen (secondary N) is 3. The molecule has 1 saturated heterocycles. The first-order chi connectivity index (χ1) is 13.6. The highest BCUT2D eigenvalue weighted by Crippen LogP contribution is 2.32. The largest absolute Gasteiger partial charge is 0.342 e. The van der Waals surface area contributed by atoms with Crippen LogP contribution in [0.4, 0.5) is 0 Å². The lowest BCUT2D eigenvalue weighted by Crippen LogP contribution is -2.48.